The lowest BCUT2D eigenvalue weighted by molar-refractivity contribution is -0.145. The van der Waals surface area contributed by atoms with E-state index in [2.05, 4.69) is 0 Å². The monoisotopic (exact) mass is 191 g/mol. The maximum atomic E-state index is 11.3. The summed E-state index contributed by atoms with van der Waals surface area (Å²) in [6.07, 6.45) is 1.54. The second kappa shape index (κ2) is 3.33. The molecule has 2 N–H and O–H groups in total. The zero-order valence-electron chi connectivity index (χ0n) is 8.12. The molecule has 2 rings (SSSR count). The van der Waals surface area contributed by atoms with E-state index in [0.717, 1.165) is 18.5 Å². The maximum Gasteiger partial charge on any atom is 0.309 e. The Morgan fingerprint density at radius 2 is 2.14 bits per heavy atom. The van der Waals surface area contributed by atoms with Crippen molar-refractivity contribution >= 4 is 11.7 Å². The highest BCUT2D eigenvalue weighted by molar-refractivity contribution is 5.74. The smallest absolute Gasteiger partial charge is 0.309 e. The topological polar surface area (TPSA) is 52.3 Å². The summed E-state index contributed by atoms with van der Waals surface area (Å²) in [4.78, 5) is 11.3. The van der Waals surface area contributed by atoms with E-state index in [9.17, 15) is 4.79 Å². The first-order valence-corrected chi connectivity index (χ1v) is 4.66. The highest BCUT2D eigenvalue weighted by Crippen LogP contribution is 2.28. The Morgan fingerprint density at radius 1 is 1.43 bits per heavy atom. The summed E-state index contributed by atoms with van der Waals surface area (Å²) in [5.74, 6) is -0.142. The number of ether oxygens (including phenoxy) is 1. The van der Waals surface area contributed by atoms with Crippen molar-refractivity contribution in [1.29, 1.82) is 0 Å². The number of methoxy groups -OCH3 is 1. The largest absolute Gasteiger partial charge is 0.469 e. The molecule has 3 heteroatoms. The quantitative estimate of drug-likeness (QED) is 0.535. The molecule has 0 amide bonds. The molecule has 0 saturated heterocycles. The molecular weight excluding hydrogens is 178 g/mol. The minimum Gasteiger partial charge on any atom is -0.469 e. The molecule has 0 heterocycles. The zero-order chi connectivity index (χ0) is 10.1. The molecule has 74 valence electrons. The summed E-state index contributed by atoms with van der Waals surface area (Å²) in [7, 11) is 1.43. The molecule has 1 aromatic carbocycles. The first-order valence-electron chi connectivity index (χ1n) is 4.66. The number of benzene rings is 1. The van der Waals surface area contributed by atoms with Crippen LogP contribution in [0, 0.1) is 5.92 Å². The number of carbonyl (C=O) groups excluding carboxylic acids is 1. The van der Waals surface area contributed by atoms with Crippen LogP contribution in [-0.2, 0) is 22.4 Å². The molecule has 14 heavy (non-hydrogen) atoms. The molecule has 0 aliphatic heterocycles. The van der Waals surface area contributed by atoms with Crippen molar-refractivity contribution in [3.05, 3.63) is 29.3 Å². The molecule has 1 atom stereocenters. The highest BCUT2D eigenvalue weighted by atomic mass is 16.5. The molecule has 1 aliphatic carbocycles. The van der Waals surface area contributed by atoms with Gasteiger partial charge >= 0.3 is 5.97 Å². The lowest BCUT2D eigenvalue weighted by Gasteiger charge is -2.04. The Labute approximate surface area is 82.9 Å². The molecular formula is C11H13NO2. The molecule has 0 aromatic heterocycles. The van der Waals surface area contributed by atoms with E-state index in [4.69, 9.17) is 10.5 Å². The minimum absolute atomic E-state index is 0.0169. The van der Waals surface area contributed by atoms with Gasteiger partial charge in [-0.15, -0.1) is 0 Å². The van der Waals surface area contributed by atoms with Crippen LogP contribution in [0.15, 0.2) is 18.2 Å². The SMILES string of the molecule is COC(=O)C1Cc2ccc(N)cc2C1. The van der Waals surface area contributed by atoms with Gasteiger partial charge in [-0.2, -0.15) is 0 Å². The van der Waals surface area contributed by atoms with Gasteiger partial charge in [0.1, 0.15) is 0 Å². The van der Waals surface area contributed by atoms with E-state index >= 15 is 0 Å². The zero-order valence-corrected chi connectivity index (χ0v) is 8.12. The fourth-order valence-electron chi connectivity index (χ4n) is 1.97. The van der Waals surface area contributed by atoms with Gasteiger partial charge in [-0.3, -0.25) is 4.79 Å². The third-order valence-corrected chi connectivity index (χ3v) is 2.70. The molecule has 3 nitrogen and oxygen atoms in total. The molecule has 0 saturated carbocycles. The number of hydrogen-bond acceptors (Lipinski definition) is 3. The van der Waals surface area contributed by atoms with Gasteiger partial charge in [0.15, 0.2) is 0 Å². The van der Waals surface area contributed by atoms with Gasteiger partial charge in [0.25, 0.3) is 0 Å². The summed E-state index contributed by atoms with van der Waals surface area (Å²) in [6, 6.07) is 5.81. The number of anilines is 1. The average Bonchev–Trinajstić information content (AvgIpc) is 2.59. The van der Waals surface area contributed by atoms with Gasteiger partial charge in [-0.1, -0.05) is 6.07 Å². The number of esters is 1. The van der Waals surface area contributed by atoms with E-state index in [1.54, 1.807) is 0 Å². The third-order valence-electron chi connectivity index (χ3n) is 2.70. The Bertz CT molecular complexity index is 374. The molecule has 0 spiro atoms. The lowest BCUT2D eigenvalue weighted by atomic mass is 10.1. The second-order valence-electron chi connectivity index (χ2n) is 3.66. The predicted octanol–water partition coefficient (Wildman–Crippen LogP) is 1.16. The second-order valence-corrected chi connectivity index (χ2v) is 3.66. The predicted molar refractivity (Wildman–Crippen MR) is 53.8 cm³/mol. The molecule has 0 fully saturated rings. The summed E-state index contributed by atoms with van der Waals surface area (Å²) in [5, 5.41) is 0. The number of fused-ring (bicyclic) bond motifs is 1. The van der Waals surface area contributed by atoms with Crippen molar-refractivity contribution in [3.8, 4) is 0 Å². The van der Waals surface area contributed by atoms with Gasteiger partial charge in [-0.25, -0.2) is 0 Å². The van der Waals surface area contributed by atoms with Crippen LogP contribution in [0.3, 0.4) is 0 Å². The van der Waals surface area contributed by atoms with E-state index in [-0.39, 0.29) is 11.9 Å². The maximum absolute atomic E-state index is 11.3. The summed E-state index contributed by atoms with van der Waals surface area (Å²) in [6.45, 7) is 0. The van der Waals surface area contributed by atoms with E-state index in [1.165, 1.54) is 18.2 Å². The number of nitrogens with two attached hydrogens (primary N) is 1. The molecule has 0 bridgehead atoms. The Morgan fingerprint density at radius 3 is 2.86 bits per heavy atom. The number of rotatable bonds is 1. The van der Waals surface area contributed by atoms with E-state index < -0.39 is 0 Å². The summed E-state index contributed by atoms with van der Waals surface area (Å²) >= 11 is 0. The molecule has 1 aliphatic rings. The lowest BCUT2D eigenvalue weighted by Crippen LogP contribution is -2.15. The number of carbonyl (C=O) groups is 1. The van der Waals surface area contributed by atoms with Crippen LogP contribution in [0.5, 0.6) is 0 Å². The fourth-order valence-corrected chi connectivity index (χ4v) is 1.97. The highest BCUT2D eigenvalue weighted by Gasteiger charge is 2.27. The standard InChI is InChI=1S/C11H13NO2/c1-14-11(13)9-4-7-2-3-10(12)6-8(7)5-9/h2-3,6,9H,4-5,12H2,1H3. The van der Waals surface area contributed by atoms with Crippen LogP contribution in [0.25, 0.3) is 0 Å². The van der Waals surface area contributed by atoms with Crippen molar-refractivity contribution in [3.63, 3.8) is 0 Å². The first-order chi connectivity index (χ1) is 6.70. The van der Waals surface area contributed by atoms with Crippen molar-refractivity contribution in [2.24, 2.45) is 5.92 Å². The van der Waals surface area contributed by atoms with Crippen LogP contribution in [0.4, 0.5) is 5.69 Å². The number of nitrogen functional groups attached to an aromatic ring is 1. The Balaban J connectivity index is 2.22. The normalized spacial score (nSPS) is 19.1. The summed E-state index contributed by atoms with van der Waals surface area (Å²) in [5.41, 5.74) is 8.83. The molecule has 1 unspecified atom stereocenters. The van der Waals surface area contributed by atoms with Crippen LogP contribution in [0.2, 0.25) is 0 Å². The minimum atomic E-state index is -0.125. The van der Waals surface area contributed by atoms with Gasteiger partial charge < -0.3 is 10.5 Å². The Hall–Kier alpha value is -1.51. The van der Waals surface area contributed by atoms with Crippen LogP contribution in [0.1, 0.15) is 11.1 Å². The van der Waals surface area contributed by atoms with Crippen LogP contribution in [-0.4, -0.2) is 13.1 Å². The van der Waals surface area contributed by atoms with Gasteiger partial charge in [-0.05, 0) is 36.1 Å². The van der Waals surface area contributed by atoms with E-state index in [0.29, 0.717) is 0 Å². The van der Waals surface area contributed by atoms with Crippen LogP contribution < -0.4 is 5.73 Å². The fraction of sp³-hybridized carbons (Fsp3) is 0.364. The van der Waals surface area contributed by atoms with Gasteiger partial charge in [0.05, 0.1) is 13.0 Å². The van der Waals surface area contributed by atoms with E-state index in [1.807, 2.05) is 18.2 Å². The molecule has 0 radical (unpaired) electrons. The van der Waals surface area contributed by atoms with Crippen molar-refractivity contribution < 1.29 is 9.53 Å². The van der Waals surface area contributed by atoms with Crippen molar-refractivity contribution in [1.82, 2.24) is 0 Å². The van der Waals surface area contributed by atoms with Gasteiger partial charge in [0, 0.05) is 5.69 Å². The third kappa shape index (κ3) is 1.45. The number of hydrogen-bond donors (Lipinski definition) is 1. The van der Waals surface area contributed by atoms with Crippen molar-refractivity contribution in [2.75, 3.05) is 12.8 Å². The Kier molecular flexibility index (Phi) is 2.15. The average molecular weight is 191 g/mol. The first kappa shape index (κ1) is 9.06. The van der Waals surface area contributed by atoms with Crippen LogP contribution >= 0.6 is 0 Å². The van der Waals surface area contributed by atoms with Gasteiger partial charge in [0.2, 0.25) is 0 Å². The van der Waals surface area contributed by atoms with Crippen molar-refractivity contribution in [2.45, 2.75) is 12.8 Å². The molecule has 1 aromatic rings. The summed E-state index contributed by atoms with van der Waals surface area (Å²) < 4.78 is 4.73.